The van der Waals surface area contributed by atoms with E-state index in [2.05, 4.69) is 32.3 Å². The highest BCUT2D eigenvalue weighted by atomic mass is 16.1. The topological polar surface area (TPSA) is 70.7 Å². The number of nitrogens with one attached hydrogen (secondary N) is 2. The van der Waals surface area contributed by atoms with Crippen LogP contribution in [0.4, 0.5) is 0 Å². The zero-order chi connectivity index (χ0) is 12.1. The average Bonchev–Trinajstić information content (AvgIpc) is 2.72. The Morgan fingerprint density at radius 3 is 3.29 bits per heavy atom. The predicted octanol–water partition coefficient (Wildman–Crippen LogP) is 0.836. The fourth-order valence-electron chi connectivity index (χ4n) is 1.40. The summed E-state index contributed by atoms with van der Waals surface area (Å²) in [7, 11) is 0. The second-order valence-electron chi connectivity index (χ2n) is 3.51. The monoisotopic (exact) mass is 228 g/mol. The van der Waals surface area contributed by atoms with Gasteiger partial charge in [0.1, 0.15) is 5.69 Å². The number of carbonyl (C=O) groups is 1. The van der Waals surface area contributed by atoms with Gasteiger partial charge in [0.2, 0.25) is 5.91 Å². The first-order valence-corrected chi connectivity index (χ1v) is 5.30. The van der Waals surface area contributed by atoms with Crippen molar-refractivity contribution < 1.29 is 4.79 Å². The minimum Gasteiger partial charge on any atom is -0.355 e. The zero-order valence-electron chi connectivity index (χ0n) is 9.45. The van der Waals surface area contributed by atoms with E-state index in [4.69, 9.17) is 0 Å². The van der Waals surface area contributed by atoms with Gasteiger partial charge in [0.15, 0.2) is 5.65 Å². The molecule has 2 N–H and O–H groups in total. The van der Waals surface area contributed by atoms with Gasteiger partial charge in [0.25, 0.3) is 0 Å². The van der Waals surface area contributed by atoms with Gasteiger partial charge in [-0.15, -0.1) is 0 Å². The van der Waals surface area contributed by atoms with Crippen molar-refractivity contribution in [3.05, 3.63) is 24.0 Å². The maximum atomic E-state index is 10.6. The molecule has 2 aromatic heterocycles. The van der Waals surface area contributed by atoms with Crippen molar-refractivity contribution in [2.75, 3.05) is 6.54 Å². The van der Waals surface area contributed by atoms with Crippen LogP contribution in [0.2, 0.25) is 0 Å². The van der Waals surface area contributed by atoms with Gasteiger partial charge in [-0.05, 0) is 18.1 Å². The van der Waals surface area contributed by atoms with Crippen molar-refractivity contribution in [2.24, 2.45) is 0 Å². The third kappa shape index (κ3) is 2.82. The summed E-state index contributed by atoms with van der Waals surface area (Å²) in [6.07, 6.45) is 2.30. The quantitative estimate of drug-likeness (QED) is 0.591. The Kier molecular flexibility index (Phi) is 3.36. The molecule has 0 unspecified atom stereocenters. The Bertz CT molecular complexity index is 591. The Morgan fingerprint density at radius 2 is 2.47 bits per heavy atom. The molecule has 1 amide bonds. The molecule has 0 fully saturated rings. The molecule has 0 saturated carbocycles. The van der Waals surface area contributed by atoms with E-state index in [0.717, 1.165) is 11.1 Å². The summed E-state index contributed by atoms with van der Waals surface area (Å²) in [6, 6.07) is 3.77. The normalized spacial score (nSPS) is 9.71. The standard InChI is InChI=1S/C12H12N4O/c1-9(17)13-7-3-2-6-11-10-5-4-8-14-12(10)16-15-11/h4-5,8H,3,7H2,1H3,(H,13,17)(H,14,15,16). The van der Waals surface area contributed by atoms with Crippen LogP contribution in [0.25, 0.3) is 11.0 Å². The summed E-state index contributed by atoms with van der Waals surface area (Å²) < 4.78 is 0. The lowest BCUT2D eigenvalue weighted by atomic mass is 10.2. The molecule has 0 spiro atoms. The Balaban J connectivity index is 2.04. The highest BCUT2D eigenvalue weighted by molar-refractivity contribution is 5.80. The molecular formula is C12H12N4O. The first-order chi connectivity index (χ1) is 8.27. The van der Waals surface area contributed by atoms with Crippen LogP contribution in [0.1, 0.15) is 19.0 Å². The molecule has 0 bridgehead atoms. The third-order valence-corrected chi connectivity index (χ3v) is 2.17. The minimum atomic E-state index is -0.0389. The van der Waals surface area contributed by atoms with Crippen molar-refractivity contribution in [1.82, 2.24) is 20.5 Å². The minimum absolute atomic E-state index is 0.0389. The van der Waals surface area contributed by atoms with Gasteiger partial charge in [-0.2, -0.15) is 5.10 Å². The highest BCUT2D eigenvalue weighted by Gasteiger charge is 2.01. The lowest BCUT2D eigenvalue weighted by molar-refractivity contribution is -0.118. The van der Waals surface area contributed by atoms with Gasteiger partial charge in [0.05, 0.1) is 5.39 Å². The number of carbonyl (C=O) groups excluding carboxylic acids is 1. The molecule has 0 aromatic carbocycles. The van der Waals surface area contributed by atoms with Crippen LogP contribution in [-0.4, -0.2) is 27.6 Å². The molecule has 0 atom stereocenters. The van der Waals surface area contributed by atoms with Gasteiger partial charge in [-0.3, -0.25) is 9.89 Å². The Labute approximate surface area is 98.6 Å². The molecule has 2 heterocycles. The summed E-state index contributed by atoms with van der Waals surface area (Å²) in [5, 5.41) is 10.5. The first kappa shape index (κ1) is 11.1. The highest BCUT2D eigenvalue weighted by Crippen LogP contribution is 2.10. The fourth-order valence-corrected chi connectivity index (χ4v) is 1.40. The van der Waals surface area contributed by atoms with Crippen LogP contribution in [0.15, 0.2) is 18.3 Å². The lowest BCUT2D eigenvalue weighted by Gasteiger charge is -1.94. The molecule has 86 valence electrons. The van der Waals surface area contributed by atoms with E-state index >= 15 is 0 Å². The number of pyridine rings is 1. The van der Waals surface area contributed by atoms with Crippen molar-refractivity contribution in [2.45, 2.75) is 13.3 Å². The van der Waals surface area contributed by atoms with E-state index in [1.807, 2.05) is 12.1 Å². The van der Waals surface area contributed by atoms with E-state index in [9.17, 15) is 4.79 Å². The maximum absolute atomic E-state index is 10.6. The van der Waals surface area contributed by atoms with Crippen LogP contribution < -0.4 is 5.32 Å². The van der Waals surface area contributed by atoms with Gasteiger partial charge in [0, 0.05) is 26.1 Å². The van der Waals surface area contributed by atoms with E-state index in [1.165, 1.54) is 6.92 Å². The molecule has 2 rings (SSSR count). The molecule has 0 aliphatic carbocycles. The SMILES string of the molecule is CC(=O)NCCC#Cc1[nH]nc2ncccc12. The number of rotatable bonds is 2. The lowest BCUT2D eigenvalue weighted by Crippen LogP contribution is -2.20. The van der Waals surface area contributed by atoms with Crippen LogP contribution >= 0.6 is 0 Å². The van der Waals surface area contributed by atoms with E-state index in [-0.39, 0.29) is 5.91 Å². The van der Waals surface area contributed by atoms with Gasteiger partial charge in [-0.25, -0.2) is 4.98 Å². The second kappa shape index (κ2) is 5.12. The largest absolute Gasteiger partial charge is 0.355 e. The van der Waals surface area contributed by atoms with E-state index in [0.29, 0.717) is 18.6 Å². The van der Waals surface area contributed by atoms with Crippen LogP contribution in [0.5, 0.6) is 0 Å². The fraction of sp³-hybridized carbons (Fsp3) is 0.250. The van der Waals surface area contributed by atoms with Crippen molar-refractivity contribution in [3.8, 4) is 11.8 Å². The number of hydrogen-bond donors (Lipinski definition) is 2. The molecule has 5 heteroatoms. The van der Waals surface area contributed by atoms with Crippen molar-refractivity contribution >= 4 is 16.9 Å². The summed E-state index contributed by atoms with van der Waals surface area (Å²) in [5.41, 5.74) is 1.43. The summed E-state index contributed by atoms with van der Waals surface area (Å²) in [5.74, 6) is 5.91. The van der Waals surface area contributed by atoms with Gasteiger partial charge < -0.3 is 5.32 Å². The number of aromatic nitrogens is 3. The molecule has 0 saturated heterocycles. The predicted molar refractivity (Wildman–Crippen MR) is 64.1 cm³/mol. The third-order valence-electron chi connectivity index (χ3n) is 2.17. The molecule has 0 radical (unpaired) electrons. The van der Waals surface area contributed by atoms with Crippen LogP contribution in [0.3, 0.4) is 0 Å². The number of nitrogens with zero attached hydrogens (tertiary/aromatic N) is 2. The molecular weight excluding hydrogens is 216 g/mol. The maximum Gasteiger partial charge on any atom is 0.216 e. The first-order valence-electron chi connectivity index (χ1n) is 5.30. The molecule has 0 aliphatic rings. The van der Waals surface area contributed by atoms with E-state index < -0.39 is 0 Å². The van der Waals surface area contributed by atoms with Crippen LogP contribution in [-0.2, 0) is 4.79 Å². The zero-order valence-corrected chi connectivity index (χ0v) is 9.45. The van der Waals surface area contributed by atoms with E-state index in [1.54, 1.807) is 6.20 Å². The molecule has 5 nitrogen and oxygen atoms in total. The number of H-pyrrole nitrogens is 1. The Morgan fingerprint density at radius 1 is 1.59 bits per heavy atom. The molecule has 2 aromatic rings. The van der Waals surface area contributed by atoms with Crippen molar-refractivity contribution in [3.63, 3.8) is 0 Å². The number of fused-ring (bicyclic) bond motifs is 1. The second-order valence-corrected chi connectivity index (χ2v) is 3.51. The van der Waals surface area contributed by atoms with Crippen LogP contribution in [0, 0.1) is 11.8 Å². The number of amides is 1. The number of aromatic amines is 1. The molecule has 17 heavy (non-hydrogen) atoms. The van der Waals surface area contributed by atoms with Gasteiger partial charge >= 0.3 is 0 Å². The van der Waals surface area contributed by atoms with Gasteiger partial charge in [-0.1, -0.05) is 5.92 Å². The van der Waals surface area contributed by atoms with Crippen molar-refractivity contribution in [1.29, 1.82) is 0 Å². The summed E-state index contributed by atoms with van der Waals surface area (Å²) >= 11 is 0. The molecule has 0 aliphatic heterocycles. The average molecular weight is 228 g/mol. The Hall–Kier alpha value is -2.35. The number of hydrogen-bond acceptors (Lipinski definition) is 3. The smallest absolute Gasteiger partial charge is 0.216 e. The summed E-state index contributed by atoms with van der Waals surface area (Å²) in [4.78, 5) is 14.7. The summed E-state index contributed by atoms with van der Waals surface area (Å²) in [6.45, 7) is 2.05.